The van der Waals surface area contributed by atoms with E-state index >= 15 is 0 Å². The first kappa shape index (κ1) is 14.1. The molecule has 1 N–H and O–H groups in total. The summed E-state index contributed by atoms with van der Waals surface area (Å²) in [5.74, 6) is 0.448. The van der Waals surface area contributed by atoms with E-state index in [0.29, 0.717) is 18.2 Å². The Labute approximate surface area is 114 Å². The highest BCUT2D eigenvalue weighted by Gasteiger charge is 2.15. The standard InChI is InChI=1S/C14H23N3O2/c1-12(11-17-6-8-19-9-7-17)10-15-14(18)13-4-3-5-16(13)2/h3-5,12H,6-11H2,1-2H3,(H,15,18). The van der Waals surface area contributed by atoms with E-state index in [1.165, 1.54) is 0 Å². The quantitative estimate of drug-likeness (QED) is 0.853. The molecule has 1 amide bonds. The van der Waals surface area contributed by atoms with Crippen molar-refractivity contribution in [3.63, 3.8) is 0 Å². The van der Waals surface area contributed by atoms with Crippen LogP contribution < -0.4 is 5.32 Å². The number of hydrogen-bond acceptors (Lipinski definition) is 3. The fraction of sp³-hybridized carbons (Fsp3) is 0.643. The van der Waals surface area contributed by atoms with Crippen molar-refractivity contribution in [2.75, 3.05) is 39.4 Å². The molecule has 1 aromatic rings. The summed E-state index contributed by atoms with van der Waals surface area (Å²) in [5.41, 5.74) is 0.707. The maximum absolute atomic E-state index is 12.0. The summed E-state index contributed by atoms with van der Waals surface area (Å²) in [7, 11) is 1.88. The van der Waals surface area contributed by atoms with E-state index in [2.05, 4.69) is 17.1 Å². The molecule has 0 spiro atoms. The Hall–Kier alpha value is -1.33. The van der Waals surface area contributed by atoms with Crippen LogP contribution in [0, 0.1) is 5.92 Å². The zero-order chi connectivity index (χ0) is 13.7. The summed E-state index contributed by atoms with van der Waals surface area (Å²) in [5, 5.41) is 3.00. The van der Waals surface area contributed by atoms with Crippen LogP contribution in [0.15, 0.2) is 18.3 Å². The second kappa shape index (κ2) is 6.73. The summed E-state index contributed by atoms with van der Waals surface area (Å²) < 4.78 is 7.16. The molecule has 106 valence electrons. The molecule has 1 atom stereocenters. The molecular formula is C14H23N3O2. The Morgan fingerprint density at radius 1 is 1.47 bits per heavy atom. The molecule has 2 rings (SSSR count). The number of carbonyl (C=O) groups is 1. The van der Waals surface area contributed by atoms with Crippen LogP contribution in [-0.2, 0) is 11.8 Å². The van der Waals surface area contributed by atoms with Crippen LogP contribution in [0.5, 0.6) is 0 Å². The Balaban J connectivity index is 1.72. The van der Waals surface area contributed by atoms with Gasteiger partial charge in [-0.1, -0.05) is 6.92 Å². The molecule has 19 heavy (non-hydrogen) atoms. The molecule has 0 radical (unpaired) electrons. The zero-order valence-corrected chi connectivity index (χ0v) is 11.8. The molecule has 0 aromatic carbocycles. The second-order valence-electron chi connectivity index (χ2n) is 5.23. The van der Waals surface area contributed by atoms with Crippen molar-refractivity contribution in [3.05, 3.63) is 24.0 Å². The maximum atomic E-state index is 12.0. The Kier molecular flexibility index (Phi) is 4.99. The van der Waals surface area contributed by atoms with Crippen LogP contribution in [0.3, 0.4) is 0 Å². The third kappa shape index (κ3) is 4.08. The lowest BCUT2D eigenvalue weighted by Crippen LogP contribution is -2.41. The van der Waals surface area contributed by atoms with Gasteiger partial charge in [-0.15, -0.1) is 0 Å². The fourth-order valence-corrected chi connectivity index (χ4v) is 2.34. The van der Waals surface area contributed by atoms with Crippen LogP contribution in [0.4, 0.5) is 0 Å². The molecular weight excluding hydrogens is 242 g/mol. The predicted octanol–water partition coefficient (Wildman–Crippen LogP) is 0.723. The first-order chi connectivity index (χ1) is 9.16. The highest BCUT2D eigenvalue weighted by atomic mass is 16.5. The number of aryl methyl sites for hydroxylation is 1. The Morgan fingerprint density at radius 2 is 2.21 bits per heavy atom. The first-order valence-electron chi connectivity index (χ1n) is 6.86. The van der Waals surface area contributed by atoms with Gasteiger partial charge in [-0.3, -0.25) is 9.69 Å². The van der Waals surface area contributed by atoms with Gasteiger partial charge in [-0.25, -0.2) is 0 Å². The van der Waals surface area contributed by atoms with E-state index in [-0.39, 0.29) is 5.91 Å². The van der Waals surface area contributed by atoms with E-state index in [1.807, 2.05) is 29.9 Å². The number of ether oxygens (including phenoxy) is 1. The molecule has 1 aliphatic heterocycles. The minimum absolute atomic E-state index is 0.00123. The summed E-state index contributed by atoms with van der Waals surface area (Å²) in [6.07, 6.45) is 1.88. The first-order valence-corrected chi connectivity index (χ1v) is 6.86. The smallest absolute Gasteiger partial charge is 0.267 e. The second-order valence-corrected chi connectivity index (χ2v) is 5.23. The van der Waals surface area contributed by atoms with Gasteiger partial charge in [0.25, 0.3) is 5.91 Å². The Bertz CT molecular complexity index is 411. The molecule has 0 bridgehead atoms. The van der Waals surface area contributed by atoms with Gasteiger partial charge < -0.3 is 14.6 Å². The van der Waals surface area contributed by atoms with Crippen LogP contribution in [0.25, 0.3) is 0 Å². The zero-order valence-electron chi connectivity index (χ0n) is 11.8. The topological polar surface area (TPSA) is 46.5 Å². The van der Waals surface area contributed by atoms with Gasteiger partial charge in [-0.05, 0) is 18.1 Å². The van der Waals surface area contributed by atoms with Gasteiger partial charge in [0.2, 0.25) is 0 Å². The van der Waals surface area contributed by atoms with Gasteiger partial charge in [0.1, 0.15) is 5.69 Å². The molecule has 0 saturated carbocycles. The SMILES string of the molecule is CC(CNC(=O)c1cccn1C)CN1CCOCC1. The molecule has 0 aliphatic carbocycles. The number of nitrogens with zero attached hydrogens (tertiary/aromatic N) is 2. The van der Waals surface area contributed by atoms with E-state index < -0.39 is 0 Å². The lowest BCUT2D eigenvalue weighted by molar-refractivity contribution is 0.0317. The third-order valence-electron chi connectivity index (χ3n) is 3.46. The molecule has 1 fully saturated rings. The molecule has 1 unspecified atom stereocenters. The number of amides is 1. The molecule has 2 heterocycles. The maximum Gasteiger partial charge on any atom is 0.267 e. The van der Waals surface area contributed by atoms with Crippen molar-refractivity contribution in [1.29, 1.82) is 0 Å². The highest BCUT2D eigenvalue weighted by molar-refractivity contribution is 5.92. The summed E-state index contributed by atoms with van der Waals surface area (Å²) >= 11 is 0. The number of hydrogen-bond donors (Lipinski definition) is 1. The van der Waals surface area contributed by atoms with Crippen molar-refractivity contribution in [2.45, 2.75) is 6.92 Å². The number of morpholine rings is 1. The molecule has 1 saturated heterocycles. The van der Waals surface area contributed by atoms with Crippen LogP contribution >= 0.6 is 0 Å². The van der Waals surface area contributed by atoms with Crippen molar-refractivity contribution in [3.8, 4) is 0 Å². The van der Waals surface area contributed by atoms with E-state index in [0.717, 1.165) is 32.8 Å². The highest BCUT2D eigenvalue weighted by Crippen LogP contribution is 2.04. The Morgan fingerprint density at radius 3 is 2.84 bits per heavy atom. The van der Waals surface area contributed by atoms with Crippen molar-refractivity contribution in [1.82, 2.24) is 14.8 Å². The van der Waals surface area contributed by atoms with Crippen molar-refractivity contribution in [2.24, 2.45) is 13.0 Å². The molecule has 1 aromatic heterocycles. The van der Waals surface area contributed by atoms with Crippen LogP contribution in [0.1, 0.15) is 17.4 Å². The summed E-state index contributed by atoms with van der Waals surface area (Å²) in [6, 6.07) is 3.72. The fourth-order valence-electron chi connectivity index (χ4n) is 2.34. The number of rotatable bonds is 5. The number of aromatic nitrogens is 1. The number of nitrogens with one attached hydrogen (secondary N) is 1. The van der Waals surface area contributed by atoms with E-state index in [1.54, 1.807) is 0 Å². The predicted molar refractivity (Wildman–Crippen MR) is 74.2 cm³/mol. The average Bonchev–Trinajstić information content (AvgIpc) is 2.83. The van der Waals surface area contributed by atoms with E-state index in [9.17, 15) is 4.79 Å². The van der Waals surface area contributed by atoms with Crippen molar-refractivity contribution < 1.29 is 9.53 Å². The van der Waals surface area contributed by atoms with Gasteiger partial charge in [0, 0.05) is 39.4 Å². The lowest BCUT2D eigenvalue weighted by atomic mass is 10.1. The minimum Gasteiger partial charge on any atom is -0.379 e. The monoisotopic (exact) mass is 265 g/mol. The largest absolute Gasteiger partial charge is 0.379 e. The molecule has 5 heteroatoms. The van der Waals surface area contributed by atoms with Gasteiger partial charge in [-0.2, -0.15) is 0 Å². The third-order valence-corrected chi connectivity index (χ3v) is 3.46. The van der Waals surface area contributed by atoms with Crippen LogP contribution in [-0.4, -0.2) is 54.8 Å². The van der Waals surface area contributed by atoms with Gasteiger partial charge >= 0.3 is 0 Å². The van der Waals surface area contributed by atoms with Crippen molar-refractivity contribution >= 4 is 5.91 Å². The van der Waals surface area contributed by atoms with Gasteiger partial charge in [0.15, 0.2) is 0 Å². The summed E-state index contributed by atoms with van der Waals surface area (Å²) in [6.45, 7) is 7.52. The number of carbonyl (C=O) groups excluding carboxylic acids is 1. The summed E-state index contributed by atoms with van der Waals surface area (Å²) in [4.78, 5) is 14.3. The normalized spacial score (nSPS) is 18.2. The van der Waals surface area contributed by atoms with Crippen LogP contribution in [0.2, 0.25) is 0 Å². The van der Waals surface area contributed by atoms with Gasteiger partial charge in [0.05, 0.1) is 13.2 Å². The molecule has 5 nitrogen and oxygen atoms in total. The van der Waals surface area contributed by atoms with E-state index in [4.69, 9.17) is 4.74 Å². The average molecular weight is 265 g/mol. The molecule has 1 aliphatic rings. The lowest BCUT2D eigenvalue weighted by Gasteiger charge is -2.29. The minimum atomic E-state index is 0.00123.